The summed E-state index contributed by atoms with van der Waals surface area (Å²) < 4.78 is 24.1. The van der Waals surface area contributed by atoms with Gasteiger partial charge in [-0.25, -0.2) is 4.39 Å². The molecule has 1 N–H and O–H groups in total. The van der Waals surface area contributed by atoms with Gasteiger partial charge >= 0.3 is 5.97 Å². The fourth-order valence-corrected chi connectivity index (χ4v) is 1.89. The van der Waals surface area contributed by atoms with Gasteiger partial charge in [0.15, 0.2) is 11.6 Å². The Balaban J connectivity index is 2.45. The fraction of sp³-hybridized carbons (Fsp3) is 0.588. The zero-order valence-corrected chi connectivity index (χ0v) is 14.0. The highest BCUT2D eigenvalue weighted by Gasteiger charge is 2.27. The topological polar surface area (TPSA) is 47.6 Å². The molecule has 0 unspecified atom stereocenters. The molecule has 0 aromatic heterocycles. The maximum Gasteiger partial charge on any atom is 0.323 e. The molecule has 5 heteroatoms. The third-order valence-corrected chi connectivity index (χ3v) is 2.89. The van der Waals surface area contributed by atoms with Crippen molar-refractivity contribution in [3.8, 4) is 5.75 Å². The quantitative estimate of drug-likeness (QED) is 0.621. The number of carbonyl (C=O) groups is 1. The smallest absolute Gasteiger partial charge is 0.323 e. The van der Waals surface area contributed by atoms with Crippen LogP contribution < -0.4 is 10.1 Å². The normalized spacial score (nSPS) is 13.0. The van der Waals surface area contributed by atoms with Gasteiger partial charge in [-0.15, -0.1) is 0 Å². The maximum absolute atomic E-state index is 13.4. The van der Waals surface area contributed by atoms with Gasteiger partial charge in [0.05, 0.1) is 0 Å². The summed E-state index contributed by atoms with van der Waals surface area (Å²) >= 11 is 0. The van der Waals surface area contributed by atoms with Crippen molar-refractivity contribution < 1.29 is 18.7 Å². The van der Waals surface area contributed by atoms with Crippen LogP contribution in [-0.2, 0) is 9.53 Å². The number of rotatable bonds is 7. The molecule has 0 aliphatic rings. The van der Waals surface area contributed by atoms with Crippen LogP contribution in [-0.4, -0.2) is 30.8 Å². The SMILES string of the molecule is CC(C)[C@H](NCCOc1ccccc1F)C(=O)OC(C)(C)C. The van der Waals surface area contributed by atoms with Crippen molar-refractivity contribution in [3.05, 3.63) is 30.1 Å². The number of esters is 1. The highest BCUT2D eigenvalue weighted by molar-refractivity contribution is 5.76. The van der Waals surface area contributed by atoms with Gasteiger partial charge in [0.2, 0.25) is 0 Å². The maximum atomic E-state index is 13.4. The molecule has 0 radical (unpaired) electrons. The van der Waals surface area contributed by atoms with E-state index >= 15 is 0 Å². The first-order valence-electron chi connectivity index (χ1n) is 7.54. The van der Waals surface area contributed by atoms with Crippen molar-refractivity contribution in [3.63, 3.8) is 0 Å². The standard InChI is InChI=1S/C17H26FNO3/c1-12(2)15(16(20)22-17(3,4)5)19-10-11-21-14-9-7-6-8-13(14)18/h6-9,12,15,19H,10-11H2,1-5H3/t15-/m0/s1. The van der Waals surface area contributed by atoms with Crippen molar-refractivity contribution in [1.29, 1.82) is 0 Å². The van der Waals surface area contributed by atoms with Crippen LogP contribution in [0.1, 0.15) is 34.6 Å². The molecule has 1 aromatic rings. The predicted molar refractivity (Wildman–Crippen MR) is 84.4 cm³/mol. The number of nitrogens with one attached hydrogen (secondary N) is 1. The summed E-state index contributed by atoms with van der Waals surface area (Å²) in [4.78, 5) is 12.1. The highest BCUT2D eigenvalue weighted by atomic mass is 19.1. The molecule has 4 nitrogen and oxygen atoms in total. The second-order valence-corrected chi connectivity index (χ2v) is 6.49. The number of hydrogen-bond donors (Lipinski definition) is 1. The van der Waals surface area contributed by atoms with Crippen LogP contribution in [0.15, 0.2) is 24.3 Å². The molecule has 0 fully saturated rings. The Hall–Kier alpha value is -1.62. The largest absolute Gasteiger partial charge is 0.489 e. The summed E-state index contributed by atoms with van der Waals surface area (Å²) in [5, 5.41) is 3.11. The second-order valence-electron chi connectivity index (χ2n) is 6.49. The molecule has 124 valence electrons. The third kappa shape index (κ3) is 6.43. The van der Waals surface area contributed by atoms with Gasteiger partial charge in [0.1, 0.15) is 18.2 Å². The molecule has 0 aliphatic carbocycles. The molecular formula is C17H26FNO3. The second kappa shape index (κ2) is 8.13. The average molecular weight is 311 g/mol. The van der Waals surface area contributed by atoms with Crippen LogP contribution in [0.2, 0.25) is 0 Å². The average Bonchev–Trinajstić information content (AvgIpc) is 2.37. The summed E-state index contributed by atoms with van der Waals surface area (Å²) in [6, 6.07) is 5.83. The van der Waals surface area contributed by atoms with Crippen molar-refractivity contribution in [1.82, 2.24) is 5.32 Å². The lowest BCUT2D eigenvalue weighted by Crippen LogP contribution is -2.46. The molecule has 0 aliphatic heterocycles. The van der Waals surface area contributed by atoms with Crippen LogP contribution in [0.3, 0.4) is 0 Å². The zero-order chi connectivity index (χ0) is 16.8. The number of carbonyl (C=O) groups excluding carboxylic acids is 1. The minimum absolute atomic E-state index is 0.0864. The number of benzene rings is 1. The Morgan fingerprint density at radius 1 is 1.27 bits per heavy atom. The lowest BCUT2D eigenvalue weighted by Gasteiger charge is -2.26. The van der Waals surface area contributed by atoms with Crippen LogP contribution in [0.4, 0.5) is 4.39 Å². The van der Waals surface area contributed by atoms with E-state index in [0.29, 0.717) is 6.54 Å². The summed E-state index contributed by atoms with van der Waals surface area (Å²) in [7, 11) is 0. The Morgan fingerprint density at radius 3 is 2.45 bits per heavy atom. The Labute approximate surface area is 132 Å². The van der Waals surface area contributed by atoms with E-state index in [0.717, 1.165) is 0 Å². The van der Waals surface area contributed by atoms with E-state index in [-0.39, 0.29) is 24.2 Å². The van der Waals surface area contributed by atoms with Crippen molar-refractivity contribution in [2.45, 2.75) is 46.3 Å². The number of para-hydroxylation sites is 1. The van der Waals surface area contributed by atoms with Gasteiger partial charge in [-0.3, -0.25) is 4.79 Å². The lowest BCUT2D eigenvalue weighted by molar-refractivity contribution is -0.158. The summed E-state index contributed by atoms with van der Waals surface area (Å²) in [5.74, 6) is -0.380. The molecular weight excluding hydrogens is 285 g/mol. The molecule has 1 aromatic carbocycles. The molecule has 0 amide bonds. The van der Waals surface area contributed by atoms with E-state index < -0.39 is 17.5 Å². The Morgan fingerprint density at radius 2 is 1.91 bits per heavy atom. The third-order valence-electron chi connectivity index (χ3n) is 2.89. The molecule has 0 saturated carbocycles. The molecule has 0 spiro atoms. The number of ether oxygens (including phenoxy) is 2. The first-order chi connectivity index (χ1) is 10.2. The molecule has 1 rings (SSSR count). The van der Waals surface area contributed by atoms with Gasteiger partial charge in [-0.2, -0.15) is 0 Å². The Bertz CT molecular complexity index is 483. The van der Waals surface area contributed by atoms with E-state index in [9.17, 15) is 9.18 Å². The molecule has 0 bridgehead atoms. The first-order valence-corrected chi connectivity index (χ1v) is 7.54. The number of hydrogen-bond acceptors (Lipinski definition) is 4. The van der Waals surface area contributed by atoms with Crippen LogP contribution in [0, 0.1) is 11.7 Å². The molecule has 0 saturated heterocycles. The molecule has 0 heterocycles. The fourth-order valence-electron chi connectivity index (χ4n) is 1.89. The van der Waals surface area contributed by atoms with Crippen LogP contribution in [0.5, 0.6) is 5.75 Å². The van der Waals surface area contributed by atoms with Gasteiger partial charge in [0, 0.05) is 6.54 Å². The predicted octanol–water partition coefficient (Wildman–Crippen LogP) is 3.16. The minimum Gasteiger partial charge on any atom is -0.489 e. The first kappa shape index (κ1) is 18.4. The van der Waals surface area contributed by atoms with Crippen LogP contribution >= 0.6 is 0 Å². The van der Waals surface area contributed by atoms with Crippen LogP contribution in [0.25, 0.3) is 0 Å². The van der Waals surface area contributed by atoms with Gasteiger partial charge in [-0.05, 0) is 38.8 Å². The zero-order valence-electron chi connectivity index (χ0n) is 14.0. The van der Waals surface area contributed by atoms with E-state index in [1.54, 1.807) is 18.2 Å². The summed E-state index contributed by atoms with van der Waals surface area (Å²) in [5.41, 5.74) is -0.518. The summed E-state index contributed by atoms with van der Waals surface area (Å²) in [6.45, 7) is 10.1. The van der Waals surface area contributed by atoms with E-state index in [4.69, 9.17) is 9.47 Å². The van der Waals surface area contributed by atoms with Gasteiger partial charge < -0.3 is 14.8 Å². The highest BCUT2D eigenvalue weighted by Crippen LogP contribution is 2.15. The van der Waals surface area contributed by atoms with Gasteiger partial charge in [-0.1, -0.05) is 26.0 Å². The number of halogens is 1. The minimum atomic E-state index is -0.518. The van der Waals surface area contributed by atoms with Crippen molar-refractivity contribution in [2.75, 3.05) is 13.2 Å². The van der Waals surface area contributed by atoms with Crippen molar-refractivity contribution >= 4 is 5.97 Å². The van der Waals surface area contributed by atoms with E-state index in [2.05, 4.69) is 5.32 Å². The molecule has 22 heavy (non-hydrogen) atoms. The van der Waals surface area contributed by atoms with Gasteiger partial charge in [0.25, 0.3) is 0 Å². The lowest BCUT2D eigenvalue weighted by atomic mass is 10.0. The monoisotopic (exact) mass is 311 g/mol. The Kier molecular flexibility index (Phi) is 6.81. The van der Waals surface area contributed by atoms with E-state index in [1.807, 2.05) is 34.6 Å². The summed E-state index contributed by atoms with van der Waals surface area (Å²) in [6.07, 6.45) is 0. The molecule has 1 atom stereocenters. The van der Waals surface area contributed by atoms with E-state index in [1.165, 1.54) is 6.07 Å². The van der Waals surface area contributed by atoms with Crippen molar-refractivity contribution in [2.24, 2.45) is 5.92 Å².